The Bertz CT molecular complexity index is 757. The van der Waals surface area contributed by atoms with Gasteiger partial charge in [0.15, 0.2) is 0 Å². The molecule has 2 N–H and O–H groups in total. The molecular formula is C22H23N. The monoisotopic (exact) mass is 301 g/mol. The van der Waals surface area contributed by atoms with Crippen molar-refractivity contribution in [3.8, 4) is 0 Å². The number of hydrogen-bond donors (Lipinski definition) is 1. The highest BCUT2D eigenvalue weighted by Gasteiger charge is 2.30. The molecule has 0 saturated heterocycles. The summed E-state index contributed by atoms with van der Waals surface area (Å²) in [6, 6.07) is 27.9. The molecule has 0 heterocycles. The van der Waals surface area contributed by atoms with Crippen molar-refractivity contribution < 1.29 is 0 Å². The molecule has 1 unspecified atom stereocenters. The summed E-state index contributed by atoms with van der Waals surface area (Å²) in [5, 5.41) is 0. The molecule has 0 spiro atoms. The summed E-state index contributed by atoms with van der Waals surface area (Å²) in [5.74, 6) is 0. The molecular weight excluding hydrogens is 278 g/mol. The van der Waals surface area contributed by atoms with Crippen molar-refractivity contribution in [2.75, 3.05) is 5.73 Å². The number of hydrogen-bond acceptors (Lipinski definition) is 1. The molecule has 3 aromatic carbocycles. The van der Waals surface area contributed by atoms with Gasteiger partial charge in [0.25, 0.3) is 0 Å². The molecule has 3 rings (SSSR count). The van der Waals surface area contributed by atoms with Gasteiger partial charge in [0.2, 0.25) is 0 Å². The van der Waals surface area contributed by atoms with Gasteiger partial charge < -0.3 is 5.73 Å². The van der Waals surface area contributed by atoms with Crippen LogP contribution in [0.1, 0.15) is 36.1 Å². The zero-order valence-electron chi connectivity index (χ0n) is 13.8. The average molecular weight is 301 g/mol. The molecule has 0 amide bonds. The third kappa shape index (κ3) is 2.87. The Morgan fingerprint density at radius 2 is 1.17 bits per heavy atom. The SMILES string of the molecule is CCc1ccc(C(C)(c2ccccc2)c2ccc(N)cc2)cc1. The zero-order chi connectivity index (χ0) is 16.3. The summed E-state index contributed by atoms with van der Waals surface area (Å²) >= 11 is 0. The van der Waals surface area contributed by atoms with Gasteiger partial charge in [0.05, 0.1) is 0 Å². The third-order valence-corrected chi connectivity index (χ3v) is 4.78. The molecule has 3 aromatic rings. The summed E-state index contributed by atoms with van der Waals surface area (Å²) in [5.41, 5.74) is 11.7. The predicted molar refractivity (Wildman–Crippen MR) is 98.7 cm³/mol. The molecule has 0 bridgehead atoms. The van der Waals surface area contributed by atoms with Gasteiger partial charge in [-0.15, -0.1) is 0 Å². The van der Waals surface area contributed by atoms with E-state index in [-0.39, 0.29) is 5.41 Å². The largest absolute Gasteiger partial charge is 0.399 e. The molecule has 0 aliphatic rings. The number of rotatable bonds is 4. The van der Waals surface area contributed by atoms with Gasteiger partial charge in [0, 0.05) is 11.1 Å². The molecule has 1 nitrogen and oxygen atoms in total. The molecule has 0 saturated carbocycles. The first kappa shape index (κ1) is 15.4. The lowest BCUT2D eigenvalue weighted by Gasteiger charge is -2.32. The van der Waals surface area contributed by atoms with Crippen LogP contribution in [0.3, 0.4) is 0 Å². The van der Waals surface area contributed by atoms with Gasteiger partial charge >= 0.3 is 0 Å². The molecule has 1 atom stereocenters. The maximum Gasteiger partial charge on any atom is 0.0423 e. The second-order valence-corrected chi connectivity index (χ2v) is 6.16. The lowest BCUT2D eigenvalue weighted by Crippen LogP contribution is -2.25. The first-order chi connectivity index (χ1) is 11.1. The van der Waals surface area contributed by atoms with Crippen LogP contribution in [0.15, 0.2) is 78.9 Å². The third-order valence-electron chi connectivity index (χ3n) is 4.78. The van der Waals surface area contributed by atoms with Crippen LogP contribution >= 0.6 is 0 Å². The van der Waals surface area contributed by atoms with Crippen LogP contribution < -0.4 is 5.73 Å². The van der Waals surface area contributed by atoms with E-state index in [1.165, 1.54) is 22.3 Å². The van der Waals surface area contributed by atoms with Crippen LogP contribution in [0.2, 0.25) is 0 Å². The predicted octanol–water partition coefficient (Wildman–Crippen LogP) is 5.19. The van der Waals surface area contributed by atoms with Crippen LogP contribution in [0.4, 0.5) is 5.69 Å². The highest BCUT2D eigenvalue weighted by Crippen LogP contribution is 2.39. The number of nitrogens with two attached hydrogens (primary N) is 1. The molecule has 23 heavy (non-hydrogen) atoms. The van der Waals surface area contributed by atoms with Crippen molar-refractivity contribution in [2.24, 2.45) is 0 Å². The van der Waals surface area contributed by atoms with E-state index in [1.54, 1.807) is 0 Å². The standard InChI is InChI=1S/C22H23N/c1-3-17-9-11-19(12-10-17)22(2,18-7-5-4-6-8-18)20-13-15-21(23)16-14-20/h4-16H,3,23H2,1-2H3. The summed E-state index contributed by atoms with van der Waals surface area (Å²) in [6.45, 7) is 4.47. The summed E-state index contributed by atoms with van der Waals surface area (Å²) in [6.07, 6.45) is 1.06. The molecule has 0 radical (unpaired) electrons. The number of benzene rings is 3. The van der Waals surface area contributed by atoms with E-state index in [1.807, 2.05) is 12.1 Å². The lowest BCUT2D eigenvalue weighted by atomic mass is 9.71. The van der Waals surface area contributed by atoms with E-state index in [2.05, 4.69) is 80.6 Å². The normalized spacial score (nSPS) is 13.5. The van der Waals surface area contributed by atoms with Gasteiger partial charge in [0.1, 0.15) is 0 Å². The van der Waals surface area contributed by atoms with Crippen LogP contribution in [0.25, 0.3) is 0 Å². The summed E-state index contributed by atoms with van der Waals surface area (Å²) in [7, 11) is 0. The fraction of sp³-hybridized carbons (Fsp3) is 0.182. The van der Waals surface area contributed by atoms with Crippen LogP contribution in [-0.4, -0.2) is 0 Å². The van der Waals surface area contributed by atoms with Crippen molar-refractivity contribution in [3.63, 3.8) is 0 Å². The van der Waals surface area contributed by atoms with E-state index in [0.717, 1.165) is 12.1 Å². The minimum atomic E-state index is -0.193. The maximum atomic E-state index is 5.89. The Hall–Kier alpha value is -2.54. The summed E-state index contributed by atoms with van der Waals surface area (Å²) in [4.78, 5) is 0. The van der Waals surface area contributed by atoms with Crippen LogP contribution in [0.5, 0.6) is 0 Å². The van der Waals surface area contributed by atoms with E-state index >= 15 is 0 Å². The van der Waals surface area contributed by atoms with E-state index in [0.29, 0.717) is 0 Å². The maximum absolute atomic E-state index is 5.89. The quantitative estimate of drug-likeness (QED) is 0.521. The van der Waals surface area contributed by atoms with Gasteiger partial charge in [-0.25, -0.2) is 0 Å². The number of anilines is 1. The topological polar surface area (TPSA) is 26.0 Å². The zero-order valence-corrected chi connectivity index (χ0v) is 13.8. The Kier molecular flexibility index (Phi) is 4.20. The van der Waals surface area contributed by atoms with Crippen LogP contribution in [0, 0.1) is 0 Å². The van der Waals surface area contributed by atoms with Crippen LogP contribution in [-0.2, 0) is 11.8 Å². The molecule has 0 aliphatic carbocycles. The highest BCUT2D eigenvalue weighted by molar-refractivity contribution is 5.52. The Labute approximate surface area is 138 Å². The number of aryl methyl sites for hydroxylation is 1. The lowest BCUT2D eigenvalue weighted by molar-refractivity contribution is 0.692. The Morgan fingerprint density at radius 3 is 1.70 bits per heavy atom. The first-order valence-corrected chi connectivity index (χ1v) is 8.15. The van der Waals surface area contributed by atoms with Crippen molar-refractivity contribution in [3.05, 3.63) is 101 Å². The van der Waals surface area contributed by atoms with E-state index in [9.17, 15) is 0 Å². The van der Waals surface area contributed by atoms with Gasteiger partial charge in [-0.1, -0.05) is 73.7 Å². The van der Waals surface area contributed by atoms with Gasteiger partial charge in [-0.3, -0.25) is 0 Å². The molecule has 0 aliphatic heterocycles. The number of nitrogen functional groups attached to an aromatic ring is 1. The molecule has 0 aromatic heterocycles. The van der Waals surface area contributed by atoms with Gasteiger partial charge in [-0.2, -0.15) is 0 Å². The van der Waals surface area contributed by atoms with E-state index in [4.69, 9.17) is 5.73 Å². The van der Waals surface area contributed by atoms with Gasteiger partial charge in [-0.05, 0) is 47.7 Å². The Balaban J connectivity index is 2.18. The van der Waals surface area contributed by atoms with Crippen molar-refractivity contribution in [1.29, 1.82) is 0 Å². The second kappa shape index (κ2) is 6.29. The van der Waals surface area contributed by atoms with Crippen molar-refractivity contribution in [2.45, 2.75) is 25.7 Å². The van der Waals surface area contributed by atoms with E-state index < -0.39 is 0 Å². The fourth-order valence-corrected chi connectivity index (χ4v) is 3.16. The minimum Gasteiger partial charge on any atom is -0.399 e. The Morgan fingerprint density at radius 1 is 0.696 bits per heavy atom. The smallest absolute Gasteiger partial charge is 0.0423 e. The van der Waals surface area contributed by atoms with Crippen molar-refractivity contribution >= 4 is 5.69 Å². The summed E-state index contributed by atoms with van der Waals surface area (Å²) < 4.78 is 0. The minimum absolute atomic E-state index is 0.193. The highest BCUT2D eigenvalue weighted by atomic mass is 14.5. The second-order valence-electron chi connectivity index (χ2n) is 6.16. The van der Waals surface area contributed by atoms with Crippen molar-refractivity contribution in [1.82, 2.24) is 0 Å². The molecule has 0 fully saturated rings. The first-order valence-electron chi connectivity index (χ1n) is 8.15. The fourth-order valence-electron chi connectivity index (χ4n) is 3.16. The average Bonchev–Trinajstić information content (AvgIpc) is 2.62. The molecule has 1 heteroatoms. The molecule has 116 valence electrons.